The minimum Gasteiger partial charge on any atom is -0.450 e. The summed E-state index contributed by atoms with van der Waals surface area (Å²) in [6, 6.07) is 0. The number of anilines is 3. The maximum atomic E-state index is 11.5. The summed E-state index contributed by atoms with van der Waals surface area (Å²) in [6.07, 6.45) is 0.833. The van der Waals surface area contributed by atoms with Crippen LogP contribution in [-0.4, -0.2) is 43.5 Å². The number of nitrogens with zero attached hydrogens (tertiary/aromatic N) is 3. The molecule has 24 heavy (non-hydrogen) atoms. The van der Waals surface area contributed by atoms with E-state index in [4.69, 9.17) is 32.2 Å². The molecule has 0 unspecified atom stereocenters. The largest absolute Gasteiger partial charge is 0.450 e. The standard InChI is InChI=1S/C13H19N7O4/c14-9-7(10(15)19-12(16)18-9)2-1-6-8(3-4-21)17-13(23)20-11(6)24-5-22/h21-22H,1-5H2,(H,17,20,23)(H6,14,15,16,18,19). The molecular formula is C13H19N7O4. The quantitative estimate of drug-likeness (QED) is 0.306. The van der Waals surface area contributed by atoms with E-state index in [9.17, 15) is 4.79 Å². The van der Waals surface area contributed by atoms with Gasteiger partial charge >= 0.3 is 5.69 Å². The van der Waals surface area contributed by atoms with E-state index in [2.05, 4.69) is 19.9 Å². The number of aliphatic hydroxyl groups excluding tert-OH is 2. The van der Waals surface area contributed by atoms with Crippen LogP contribution >= 0.6 is 0 Å². The highest BCUT2D eigenvalue weighted by atomic mass is 16.6. The monoisotopic (exact) mass is 337 g/mol. The number of nitrogens with one attached hydrogen (secondary N) is 1. The average Bonchev–Trinajstić information content (AvgIpc) is 2.48. The van der Waals surface area contributed by atoms with Crippen LogP contribution in [0.25, 0.3) is 0 Å². The Labute approximate surface area is 136 Å². The van der Waals surface area contributed by atoms with Gasteiger partial charge in [0.15, 0.2) is 6.79 Å². The van der Waals surface area contributed by atoms with Crippen LogP contribution in [-0.2, 0) is 19.3 Å². The Morgan fingerprint density at radius 3 is 2.17 bits per heavy atom. The van der Waals surface area contributed by atoms with Crippen molar-refractivity contribution in [2.45, 2.75) is 19.3 Å². The highest BCUT2D eigenvalue weighted by molar-refractivity contribution is 5.56. The van der Waals surface area contributed by atoms with Gasteiger partial charge in [-0.2, -0.15) is 15.0 Å². The molecule has 0 aliphatic carbocycles. The molecule has 9 N–H and O–H groups in total. The molecule has 2 aromatic heterocycles. The molecule has 0 saturated carbocycles. The van der Waals surface area contributed by atoms with Crippen molar-refractivity contribution in [2.24, 2.45) is 0 Å². The van der Waals surface area contributed by atoms with Crippen molar-refractivity contribution in [1.82, 2.24) is 19.9 Å². The topological polar surface area (TPSA) is 199 Å². The number of nitrogens with two attached hydrogens (primary N) is 3. The summed E-state index contributed by atoms with van der Waals surface area (Å²) in [5.41, 5.74) is 17.9. The fraction of sp³-hybridized carbons (Fsp3) is 0.385. The summed E-state index contributed by atoms with van der Waals surface area (Å²) in [5, 5.41) is 18.1. The summed E-state index contributed by atoms with van der Waals surface area (Å²) in [7, 11) is 0. The van der Waals surface area contributed by atoms with Crippen LogP contribution in [0.2, 0.25) is 0 Å². The van der Waals surface area contributed by atoms with E-state index >= 15 is 0 Å². The molecule has 0 aromatic carbocycles. The lowest BCUT2D eigenvalue weighted by Crippen LogP contribution is -2.20. The zero-order chi connectivity index (χ0) is 17.7. The van der Waals surface area contributed by atoms with Crippen LogP contribution < -0.4 is 27.6 Å². The third-order valence-corrected chi connectivity index (χ3v) is 3.36. The number of rotatable bonds is 7. The fourth-order valence-electron chi connectivity index (χ4n) is 2.33. The molecule has 11 heteroatoms. The van der Waals surface area contributed by atoms with Gasteiger partial charge in [-0.3, -0.25) is 0 Å². The lowest BCUT2D eigenvalue weighted by molar-refractivity contribution is 0.0924. The van der Waals surface area contributed by atoms with Crippen LogP contribution in [0, 0.1) is 0 Å². The van der Waals surface area contributed by atoms with Crippen molar-refractivity contribution in [3.63, 3.8) is 0 Å². The molecule has 130 valence electrons. The zero-order valence-corrected chi connectivity index (χ0v) is 12.8. The molecule has 0 atom stereocenters. The van der Waals surface area contributed by atoms with Crippen molar-refractivity contribution < 1.29 is 14.9 Å². The van der Waals surface area contributed by atoms with E-state index in [-0.39, 0.29) is 36.5 Å². The molecule has 11 nitrogen and oxygen atoms in total. The Morgan fingerprint density at radius 2 is 1.58 bits per heavy atom. The number of nitrogen functional groups attached to an aromatic ring is 3. The minimum atomic E-state index is -0.642. The Bertz CT molecular complexity index is 724. The van der Waals surface area contributed by atoms with Crippen molar-refractivity contribution in [2.75, 3.05) is 30.6 Å². The maximum absolute atomic E-state index is 11.5. The number of hydrogen-bond donors (Lipinski definition) is 6. The number of hydrogen-bond acceptors (Lipinski definition) is 10. The van der Waals surface area contributed by atoms with Gasteiger partial charge in [0.25, 0.3) is 0 Å². The van der Waals surface area contributed by atoms with E-state index in [0.717, 1.165) is 0 Å². The summed E-state index contributed by atoms with van der Waals surface area (Å²) in [6.45, 7) is -0.821. The summed E-state index contributed by atoms with van der Waals surface area (Å²) in [4.78, 5) is 25.5. The van der Waals surface area contributed by atoms with Crippen LogP contribution in [0.4, 0.5) is 17.6 Å². The van der Waals surface area contributed by atoms with E-state index in [1.165, 1.54) is 0 Å². The Morgan fingerprint density at radius 1 is 0.958 bits per heavy atom. The molecule has 0 bridgehead atoms. The SMILES string of the molecule is Nc1nc(N)c(CCc2c(OCO)nc(=O)[nH]c2CCO)c(N)n1. The van der Waals surface area contributed by atoms with Gasteiger partial charge in [-0.15, -0.1) is 0 Å². The van der Waals surface area contributed by atoms with Gasteiger partial charge in [-0.05, 0) is 12.8 Å². The Balaban J connectivity index is 2.36. The molecule has 0 radical (unpaired) electrons. The third kappa shape index (κ3) is 3.88. The van der Waals surface area contributed by atoms with Gasteiger partial charge in [0, 0.05) is 29.8 Å². The smallest absolute Gasteiger partial charge is 0.348 e. The molecule has 0 aliphatic rings. The van der Waals surface area contributed by atoms with Crippen LogP contribution in [0.1, 0.15) is 16.8 Å². The predicted molar refractivity (Wildman–Crippen MR) is 86.0 cm³/mol. The van der Waals surface area contributed by atoms with Gasteiger partial charge < -0.3 is 37.1 Å². The maximum Gasteiger partial charge on any atom is 0.348 e. The number of aromatic nitrogens is 4. The first-order valence-electron chi connectivity index (χ1n) is 7.10. The highest BCUT2D eigenvalue weighted by Crippen LogP contribution is 2.23. The average molecular weight is 337 g/mol. The second kappa shape index (κ2) is 7.57. The van der Waals surface area contributed by atoms with Crippen molar-refractivity contribution in [1.29, 1.82) is 0 Å². The van der Waals surface area contributed by atoms with E-state index in [0.29, 0.717) is 29.7 Å². The fourth-order valence-corrected chi connectivity index (χ4v) is 2.33. The number of aliphatic hydroxyl groups is 2. The van der Waals surface area contributed by atoms with E-state index in [1.54, 1.807) is 0 Å². The summed E-state index contributed by atoms with van der Waals surface area (Å²) in [5.74, 6) is 0.277. The van der Waals surface area contributed by atoms with Gasteiger partial charge in [0.1, 0.15) is 11.6 Å². The molecule has 0 aliphatic heterocycles. The molecular weight excluding hydrogens is 318 g/mol. The third-order valence-electron chi connectivity index (χ3n) is 3.36. The second-order valence-electron chi connectivity index (χ2n) is 4.88. The highest BCUT2D eigenvalue weighted by Gasteiger charge is 2.16. The Hall–Kier alpha value is -2.92. The van der Waals surface area contributed by atoms with Crippen LogP contribution in [0.3, 0.4) is 0 Å². The molecule has 0 amide bonds. The first kappa shape index (κ1) is 17.4. The van der Waals surface area contributed by atoms with E-state index < -0.39 is 12.5 Å². The lowest BCUT2D eigenvalue weighted by atomic mass is 10.0. The number of ether oxygens (including phenoxy) is 1. The molecule has 2 heterocycles. The number of aromatic amines is 1. The van der Waals surface area contributed by atoms with Gasteiger partial charge in [0.2, 0.25) is 11.8 Å². The molecule has 0 fully saturated rings. The minimum absolute atomic E-state index is 0.0155. The molecule has 2 aromatic rings. The van der Waals surface area contributed by atoms with Crippen molar-refractivity contribution in [3.05, 3.63) is 27.3 Å². The normalized spacial score (nSPS) is 10.8. The van der Waals surface area contributed by atoms with Gasteiger partial charge in [-0.1, -0.05) is 0 Å². The van der Waals surface area contributed by atoms with Gasteiger partial charge in [0.05, 0.1) is 0 Å². The van der Waals surface area contributed by atoms with E-state index in [1.807, 2.05) is 0 Å². The van der Waals surface area contributed by atoms with Gasteiger partial charge in [-0.25, -0.2) is 4.79 Å². The first-order valence-corrected chi connectivity index (χ1v) is 7.10. The second-order valence-corrected chi connectivity index (χ2v) is 4.88. The summed E-state index contributed by atoms with van der Waals surface area (Å²) >= 11 is 0. The molecule has 0 spiro atoms. The first-order chi connectivity index (χ1) is 11.5. The summed E-state index contributed by atoms with van der Waals surface area (Å²) < 4.78 is 5.00. The molecule has 0 saturated heterocycles. The van der Waals surface area contributed by atoms with Crippen molar-refractivity contribution >= 4 is 17.6 Å². The van der Waals surface area contributed by atoms with Crippen molar-refractivity contribution in [3.8, 4) is 5.88 Å². The number of H-pyrrole nitrogens is 1. The molecule has 2 rings (SSSR count). The Kier molecular flexibility index (Phi) is 5.50. The predicted octanol–water partition coefficient (Wildman–Crippen LogP) is -2.04. The van der Waals surface area contributed by atoms with Crippen LogP contribution in [0.15, 0.2) is 4.79 Å². The lowest BCUT2D eigenvalue weighted by Gasteiger charge is -2.14. The zero-order valence-electron chi connectivity index (χ0n) is 12.8. The van der Waals surface area contributed by atoms with Crippen LogP contribution in [0.5, 0.6) is 5.88 Å².